The van der Waals surface area contributed by atoms with Crippen molar-refractivity contribution in [1.82, 2.24) is 0 Å². The molecule has 0 aliphatic rings. The number of hydrogen-bond donors (Lipinski definition) is 0. The maximum absolute atomic E-state index is 14.4. The standard InChI is InChI=1S/C20H16FI2O2/c1-24-20-18(21)11-17(23-16-5-3-2-4-6-16)12-19(20)25-13-14-7-9-15(22)10-8-14/h2-12H,13H2,1H3/q+1. The van der Waals surface area contributed by atoms with Gasteiger partial charge in [-0.1, -0.05) is 30.3 Å². The molecule has 5 heteroatoms. The molecule has 3 aromatic rings. The van der Waals surface area contributed by atoms with Crippen LogP contribution in [-0.4, -0.2) is 7.11 Å². The SMILES string of the molecule is COc1c(F)cc([I+]c2ccccc2)cc1OCc1ccc(I)cc1. The Balaban J connectivity index is 1.82. The molecule has 3 rings (SSSR count). The van der Waals surface area contributed by atoms with Crippen LogP contribution in [0.15, 0.2) is 66.7 Å². The van der Waals surface area contributed by atoms with Gasteiger partial charge in [0.2, 0.25) is 3.57 Å². The summed E-state index contributed by atoms with van der Waals surface area (Å²) in [5, 5.41) is 0. The molecule has 25 heavy (non-hydrogen) atoms. The number of methoxy groups -OCH3 is 1. The van der Waals surface area contributed by atoms with Gasteiger partial charge >= 0.3 is 21.2 Å². The number of ether oxygens (including phenoxy) is 2. The van der Waals surface area contributed by atoms with Crippen LogP contribution in [0.4, 0.5) is 4.39 Å². The second-order valence-electron chi connectivity index (χ2n) is 5.22. The monoisotopic (exact) mass is 561 g/mol. The highest BCUT2D eigenvalue weighted by atomic mass is 127. The Labute approximate surface area is 170 Å². The first-order valence-corrected chi connectivity index (χ1v) is 10.8. The lowest BCUT2D eigenvalue weighted by atomic mass is 10.2. The van der Waals surface area contributed by atoms with E-state index in [9.17, 15) is 4.39 Å². The van der Waals surface area contributed by atoms with Gasteiger partial charge < -0.3 is 9.47 Å². The van der Waals surface area contributed by atoms with E-state index in [1.54, 1.807) is 6.07 Å². The van der Waals surface area contributed by atoms with Crippen LogP contribution in [0.3, 0.4) is 0 Å². The minimum Gasteiger partial charge on any atom is -0.490 e. The predicted octanol–water partition coefficient (Wildman–Crippen LogP) is 2.15. The van der Waals surface area contributed by atoms with Crippen molar-refractivity contribution in [2.24, 2.45) is 0 Å². The molecule has 0 aliphatic heterocycles. The highest BCUT2D eigenvalue weighted by Gasteiger charge is 2.22. The van der Waals surface area contributed by atoms with Crippen molar-refractivity contribution < 1.29 is 35.1 Å². The summed E-state index contributed by atoms with van der Waals surface area (Å²) in [7, 11) is 1.46. The Morgan fingerprint density at radius 2 is 1.68 bits per heavy atom. The summed E-state index contributed by atoms with van der Waals surface area (Å²) < 4.78 is 28.8. The van der Waals surface area contributed by atoms with Crippen LogP contribution in [-0.2, 0) is 6.61 Å². The van der Waals surface area contributed by atoms with Crippen molar-refractivity contribution in [2.75, 3.05) is 7.11 Å². The Hall–Kier alpha value is -1.35. The molecule has 0 fully saturated rings. The number of benzene rings is 3. The molecule has 0 radical (unpaired) electrons. The van der Waals surface area contributed by atoms with Crippen LogP contribution in [0.25, 0.3) is 0 Å². The molecule has 0 amide bonds. The van der Waals surface area contributed by atoms with E-state index in [0.29, 0.717) is 12.4 Å². The van der Waals surface area contributed by atoms with Gasteiger partial charge in [0.15, 0.2) is 20.9 Å². The van der Waals surface area contributed by atoms with Gasteiger partial charge in [0.05, 0.1) is 7.11 Å². The quantitative estimate of drug-likeness (QED) is 0.430. The molecule has 0 bridgehead atoms. The molecule has 3 aromatic carbocycles. The topological polar surface area (TPSA) is 18.5 Å². The smallest absolute Gasteiger partial charge is 0.358 e. The summed E-state index contributed by atoms with van der Waals surface area (Å²) in [5.74, 6) is 0.228. The van der Waals surface area contributed by atoms with E-state index in [-0.39, 0.29) is 11.6 Å². The van der Waals surface area contributed by atoms with Crippen LogP contribution in [0.1, 0.15) is 5.56 Å². The van der Waals surface area contributed by atoms with Crippen molar-refractivity contribution in [2.45, 2.75) is 6.61 Å². The fourth-order valence-corrected chi connectivity index (χ4v) is 4.96. The molecule has 0 spiro atoms. The lowest BCUT2D eigenvalue weighted by molar-refractivity contribution is -0.597. The summed E-state index contributed by atoms with van der Waals surface area (Å²) in [6.07, 6.45) is 0. The largest absolute Gasteiger partial charge is 0.490 e. The van der Waals surface area contributed by atoms with Crippen LogP contribution in [0.2, 0.25) is 0 Å². The minimum atomic E-state index is -0.470. The Morgan fingerprint density at radius 1 is 0.960 bits per heavy atom. The normalized spacial score (nSPS) is 10.5. The van der Waals surface area contributed by atoms with E-state index in [1.807, 2.05) is 48.5 Å². The third kappa shape index (κ3) is 5.07. The van der Waals surface area contributed by atoms with Gasteiger partial charge in [-0.25, -0.2) is 4.39 Å². The van der Waals surface area contributed by atoms with E-state index in [1.165, 1.54) is 14.3 Å². The fraction of sp³-hybridized carbons (Fsp3) is 0.100. The second kappa shape index (κ2) is 8.84. The molecule has 0 atom stereocenters. The van der Waals surface area contributed by atoms with Crippen LogP contribution >= 0.6 is 22.6 Å². The average molecular weight is 561 g/mol. The summed E-state index contributed by atoms with van der Waals surface area (Å²) in [6, 6.07) is 21.6. The molecule has 0 aromatic heterocycles. The first-order chi connectivity index (χ1) is 12.2. The number of halogens is 3. The minimum absolute atomic E-state index is 0.159. The maximum Gasteiger partial charge on any atom is 0.358 e. The van der Waals surface area contributed by atoms with E-state index in [2.05, 4.69) is 34.7 Å². The summed E-state index contributed by atoms with van der Waals surface area (Å²) >= 11 is 1.79. The number of hydrogen-bond acceptors (Lipinski definition) is 2. The zero-order valence-corrected chi connectivity index (χ0v) is 17.8. The maximum atomic E-state index is 14.4. The van der Waals surface area contributed by atoms with Gasteiger partial charge in [0, 0.05) is 15.7 Å². The van der Waals surface area contributed by atoms with Gasteiger partial charge in [-0.2, -0.15) is 0 Å². The zero-order valence-electron chi connectivity index (χ0n) is 13.5. The second-order valence-corrected chi connectivity index (χ2v) is 9.50. The Morgan fingerprint density at radius 3 is 2.36 bits per heavy atom. The zero-order chi connectivity index (χ0) is 17.6. The molecule has 0 saturated heterocycles. The van der Waals surface area contributed by atoms with Gasteiger partial charge in [-0.3, -0.25) is 0 Å². The summed E-state index contributed by atoms with van der Waals surface area (Å²) in [4.78, 5) is 0. The Kier molecular flexibility index (Phi) is 6.52. The molecule has 2 nitrogen and oxygen atoms in total. The van der Waals surface area contributed by atoms with Crippen LogP contribution < -0.4 is 30.7 Å². The number of rotatable bonds is 6. The molecule has 0 saturated carbocycles. The van der Waals surface area contributed by atoms with E-state index in [4.69, 9.17) is 9.47 Å². The van der Waals surface area contributed by atoms with Crippen molar-refractivity contribution >= 4 is 22.6 Å². The predicted molar refractivity (Wildman–Crippen MR) is 100 cm³/mol. The first-order valence-electron chi connectivity index (χ1n) is 7.60. The highest BCUT2D eigenvalue weighted by molar-refractivity contribution is 14.1. The third-order valence-corrected chi connectivity index (χ3v) is 6.74. The molecule has 0 aliphatic carbocycles. The molecule has 0 unspecified atom stereocenters. The van der Waals surface area contributed by atoms with E-state index < -0.39 is 21.2 Å². The highest BCUT2D eigenvalue weighted by Crippen LogP contribution is 2.30. The molecule has 0 N–H and O–H groups in total. The molecular weight excluding hydrogens is 545 g/mol. The molecular formula is C20H16FI2O2+. The molecule has 0 heterocycles. The van der Waals surface area contributed by atoms with E-state index >= 15 is 0 Å². The average Bonchev–Trinajstić information content (AvgIpc) is 2.62. The lowest BCUT2D eigenvalue weighted by Crippen LogP contribution is -3.61. The van der Waals surface area contributed by atoms with Crippen molar-refractivity contribution in [3.63, 3.8) is 0 Å². The van der Waals surface area contributed by atoms with Gasteiger partial charge in [0.25, 0.3) is 0 Å². The van der Waals surface area contributed by atoms with Crippen LogP contribution in [0.5, 0.6) is 11.5 Å². The van der Waals surface area contributed by atoms with Crippen molar-refractivity contribution in [3.8, 4) is 11.5 Å². The Bertz CT molecular complexity index is 836. The first kappa shape index (κ1) is 18.4. The molecule has 128 valence electrons. The van der Waals surface area contributed by atoms with Gasteiger partial charge in [0.1, 0.15) is 6.61 Å². The van der Waals surface area contributed by atoms with Crippen molar-refractivity contribution in [1.29, 1.82) is 0 Å². The lowest BCUT2D eigenvalue weighted by Gasteiger charge is -2.11. The summed E-state index contributed by atoms with van der Waals surface area (Å²) in [5.41, 5.74) is 1.03. The fourth-order valence-electron chi connectivity index (χ4n) is 2.24. The van der Waals surface area contributed by atoms with Gasteiger partial charge in [-0.15, -0.1) is 0 Å². The summed E-state index contributed by atoms with van der Waals surface area (Å²) in [6.45, 7) is 0.375. The van der Waals surface area contributed by atoms with Crippen molar-refractivity contribution in [3.05, 3.63) is 88.8 Å². The van der Waals surface area contributed by atoms with Gasteiger partial charge in [-0.05, 0) is 52.4 Å². The third-order valence-electron chi connectivity index (χ3n) is 3.44. The van der Waals surface area contributed by atoms with E-state index in [0.717, 1.165) is 9.13 Å². The van der Waals surface area contributed by atoms with Crippen LogP contribution in [0, 0.1) is 16.5 Å².